The summed E-state index contributed by atoms with van der Waals surface area (Å²) in [6, 6.07) is 15.7. The monoisotopic (exact) mass is 479 g/mol. The zero-order valence-electron chi connectivity index (χ0n) is 18.6. The minimum Gasteiger partial charge on any atom is -0.493 e. The highest BCUT2D eigenvalue weighted by atomic mass is 35.5. The number of hydrogen-bond acceptors (Lipinski definition) is 7. The quantitative estimate of drug-likeness (QED) is 0.550. The fraction of sp³-hybridized carbons (Fsp3) is 0.208. The van der Waals surface area contributed by atoms with Crippen LogP contribution in [0.5, 0.6) is 11.5 Å². The van der Waals surface area contributed by atoms with Gasteiger partial charge in [-0.05, 0) is 42.0 Å². The number of nitrogens with one attached hydrogen (secondary N) is 1. The van der Waals surface area contributed by atoms with Crippen LogP contribution in [0.25, 0.3) is 0 Å². The molecule has 2 amide bonds. The second-order valence-electron chi connectivity index (χ2n) is 7.42. The van der Waals surface area contributed by atoms with E-state index in [0.717, 1.165) is 16.8 Å². The third-order valence-electron chi connectivity index (χ3n) is 5.27. The predicted octanol–water partition coefficient (Wildman–Crippen LogP) is 3.93. The fourth-order valence-electron chi connectivity index (χ4n) is 3.51. The number of nitrogens with zero attached hydrogens (tertiary/aromatic N) is 4. The summed E-state index contributed by atoms with van der Waals surface area (Å²) in [6.07, 6.45) is 0.834. The van der Waals surface area contributed by atoms with Gasteiger partial charge in [-0.3, -0.25) is 9.59 Å². The van der Waals surface area contributed by atoms with Gasteiger partial charge in [0.15, 0.2) is 22.3 Å². The van der Waals surface area contributed by atoms with Crippen LogP contribution in [-0.2, 0) is 11.3 Å². The summed E-state index contributed by atoms with van der Waals surface area (Å²) in [7, 11) is 3.15. The fourth-order valence-corrected chi connectivity index (χ4v) is 3.61. The van der Waals surface area contributed by atoms with Crippen molar-refractivity contribution in [2.45, 2.75) is 19.4 Å². The van der Waals surface area contributed by atoms with Crippen molar-refractivity contribution >= 4 is 34.8 Å². The van der Waals surface area contributed by atoms with Gasteiger partial charge in [0.25, 0.3) is 5.91 Å². The Balaban J connectivity index is 1.56. The van der Waals surface area contributed by atoms with E-state index in [1.54, 1.807) is 26.4 Å². The Morgan fingerprint density at radius 2 is 1.82 bits per heavy atom. The van der Waals surface area contributed by atoms with E-state index in [1.807, 2.05) is 30.3 Å². The zero-order valence-corrected chi connectivity index (χ0v) is 19.4. The molecule has 0 fully saturated rings. The predicted molar refractivity (Wildman–Crippen MR) is 127 cm³/mol. The van der Waals surface area contributed by atoms with Crippen LogP contribution in [0.3, 0.4) is 0 Å². The summed E-state index contributed by atoms with van der Waals surface area (Å²) in [6.45, 7) is 0.193. The van der Waals surface area contributed by atoms with Crippen LogP contribution in [0.15, 0.2) is 59.7 Å². The molecule has 0 aliphatic carbocycles. The lowest BCUT2D eigenvalue weighted by Gasteiger charge is -2.25. The average Bonchev–Trinajstić information content (AvgIpc) is 2.86. The van der Waals surface area contributed by atoms with Crippen molar-refractivity contribution in [3.8, 4) is 11.5 Å². The van der Waals surface area contributed by atoms with Gasteiger partial charge in [0.1, 0.15) is 0 Å². The minimum absolute atomic E-state index is 0.103. The van der Waals surface area contributed by atoms with E-state index in [4.69, 9.17) is 21.1 Å². The summed E-state index contributed by atoms with van der Waals surface area (Å²) in [5, 5.41) is 16.5. The van der Waals surface area contributed by atoms with E-state index in [9.17, 15) is 9.59 Å². The summed E-state index contributed by atoms with van der Waals surface area (Å²) >= 11 is 5.74. The highest BCUT2D eigenvalue weighted by Gasteiger charge is 2.23. The summed E-state index contributed by atoms with van der Waals surface area (Å²) in [5.41, 5.74) is 3.01. The van der Waals surface area contributed by atoms with Gasteiger partial charge in [-0.2, -0.15) is 5.10 Å². The molecule has 4 rings (SSSR count). The van der Waals surface area contributed by atoms with Gasteiger partial charge in [-0.25, -0.2) is 5.01 Å². The first-order valence-electron chi connectivity index (χ1n) is 10.5. The number of hydrogen-bond donors (Lipinski definition) is 1. The molecular formula is C24H22ClN5O4. The van der Waals surface area contributed by atoms with Crippen LogP contribution < -0.4 is 14.8 Å². The number of hydrazone groups is 1. The van der Waals surface area contributed by atoms with E-state index in [0.29, 0.717) is 30.0 Å². The number of amides is 2. The lowest BCUT2D eigenvalue weighted by Crippen LogP contribution is -2.32. The Hall–Kier alpha value is -3.98. The molecule has 3 aromatic rings. The third kappa shape index (κ3) is 5.15. The van der Waals surface area contributed by atoms with Gasteiger partial charge in [0.05, 0.1) is 26.5 Å². The van der Waals surface area contributed by atoms with Gasteiger partial charge >= 0.3 is 0 Å². The third-order valence-corrected chi connectivity index (χ3v) is 5.47. The van der Waals surface area contributed by atoms with Crippen LogP contribution in [0.1, 0.15) is 34.5 Å². The first kappa shape index (κ1) is 23.2. The van der Waals surface area contributed by atoms with Crippen LogP contribution in [0, 0.1) is 0 Å². The van der Waals surface area contributed by atoms with E-state index in [2.05, 4.69) is 20.6 Å². The first-order chi connectivity index (χ1) is 16.5. The highest BCUT2D eigenvalue weighted by molar-refractivity contribution is 6.29. The molecule has 0 spiro atoms. The second-order valence-corrected chi connectivity index (χ2v) is 7.81. The maximum atomic E-state index is 12.6. The smallest absolute Gasteiger partial charge is 0.276 e. The standard InChI is InChI=1S/C24H22ClN5O4/c1-33-20-10-7-15(13-21(20)34-2)18-9-12-23(31)30(29-18)14-16-5-3-4-6-17(16)26-24(32)19-8-11-22(25)28-27-19/h3-8,10-11,13H,9,12,14H2,1-2H3,(H,26,32). The van der Waals surface area contributed by atoms with Gasteiger partial charge in [0.2, 0.25) is 5.91 Å². The second kappa shape index (κ2) is 10.3. The number of para-hydroxylation sites is 1. The number of ether oxygens (including phenoxy) is 2. The molecule has 1 aromatic heterocycles. The zero-order chi connectivity index (χ0) is 24.1. The van der Waals surface area contributed by atoms with Crippen molar-refractivity contribution in [1.82, 2.24) is 15.2 Å². The molecule has 0 bridgehead atoms. The topological polar surface area (TPSA) is 106 Å². The van der Waals surface area contributed by atoms with Gasteiger partial charge in [0, 0.05) is 24.1 Å². The van der Waals surface area contributed by atoms with Gasteiger partial charge in [-0.15, -0.1) is 10.2 Å². The largest absolute Gasteiger partial charge is 0.493 e. The Labute approximate surface area is 201 Å². The van der Waals surface area contributed by atoms with Crippen molar-refractivity contribution < 1.29 is 19.1 Å². The Bertz CT molecular complexity index is 1250. The number of aromatic nitrogens is 2. The average molecular weight is 480 g/mol. The van der Waals surface area contributed by atoms with Crippen LogP contribution in [0.4, 0.5) is 5.69 Å². The van der Waals surface area contributed by atoms with Crippen molar-refractivity contribution in [2.24, 2.45) is 5.10 Å². The number of anilines is 1. The van der Waals surface area contributed by atoms with Crippen LogP contribution in [0.2, 0.25) is 5.15 Å². The highest BCUT2D eigenvalue weighted by Crippen LogP contribution is 2.29. The molecule has 0 saturated heterocycles. The van der Waals surface area contributed by atoms with E-state index in [1.165, 1.54) is 17.1 Å². The molecule has 174 valence electrons. The van der Waals surface area contributed by atoms with E-state index in [-0.39, 0.29) is 23.3 Å². The van der Waals surface area contributed by atoms with Crippen molar-refractivity contribution in [1.29, 1.82) is 0 Å². The molecule has 0 radical (unpaired) electrons. The Morgan fingerprint density at radius 1 is 1.03 bits per heavy atom. The molecule has 0 atom stereocenters. The van der Waals surface area contributed by atoms with Gasteiger partial charge < -0.3 is 14.8 Å². The maximum absolute atomic E-state index is 12.6. The van der Waals surface area contributed by atoms with E-state index < -0.39 is 5.91 Å². The number of carbonyl (C=O) groups excluding carboxylic acids is 2. The van der Waals surface area contributed by atoms with Gasteiger partial charge in [-0.1, -0.05) is 29.8 Å². The van der Waals surface area contributed by atoms with Crippen LogP contribution >= 0.6 is 11.6 Å². The molecule has 1 N–H and O–H groups in total. The lowest BCUT2D eigenvalue weighted by atomic mass is 10.0. The molecule has 2 aromatic carbocycles. The number of benzene rings is 2. The van der Waals surface area contributed by atoms with Crippen molar-refractivity contribution in [2.75, 3.05) is 19.5 Å². The molecule has 2 heterocycles. The lowest BCUT2D eigenvalue weighted by molar-refractivity contribution is -0.132. The number of carbonyl (C=O) groups is 2. The maximum Gasteiger partial charge on any atom is 0.276 e. The molecule has 10 heteroatoms. The normalized spacial score (nSPS) is 13.3. The summed E-state index contributed by atoms with van der Waals surface area (Å²) in [5.74, 6) is 0.667. The minimum atomic E-state index is -0.434. The molecule has 9 nitrogen and oxygen atoms in total. The number of halogens is 1. The molecule has 34 heavy (non-hydrogen) atoms. The summed E-state index contributed by atoms with van der Waals surface area (Å²) in [4.78, 5) is 25.2. The molecule has 1 aliphatic heterocycles. The molecule has 0 unspecified atom stereocenters. The Morgan fingerprint density at radius 3 is 2.56 bits per heavy atom. The van der Waals surface area contributed by atoms with Crippen molar-refractivity contribution in [3.05, 3.63) is 76.6 Å². The molecular weight excluding hydrogens is 458 g/mol. The first-order valence-corrected chi connectivity index (χ1v) is 10.8. The molecule has 0 saturated carbocycles. The molecule has 1 aliphatic rings. The number of rotatable bonds is 7. The number of methoxy groups -OCH3 is 2. The van der Waals surface area contributed by atoms with Crippen molar-refractivity contribution in [3.63, 3.8) is 0 Å². The Kier molecular flexibility index (Phi) is 7.03. The van der Waals surface area contributed by atoms with Crippen LogP contribution in [-0.4, -0.2) is 47.0 Å². The summed E-state index contributed by atoms with van der Waals surface area (Å²) < 4.78 is 10.7. The van der Waals surface area contributed by atoms with E-state index >= 15 is 0 Å². The SMILES string of the molecule is COc1ccc(C2=NN(Cc3ccccc3NC(=O)c3ccc(Cl)nn3)C(=O)CC2)cc1OC.